The van der Waals surface area contributed by atoms with Gasteiger partial charge in [0.05, 0.1) is 0 Å². The summed E-state index contributed by atoms with van der Waals surface area (Å²) in [5, 5.41) is 2.38. The molecule has 8 heavy (non-hydrogen) atoms. The van der Waals surface area contributed by atoms with Crippen molar-refractivity contribution in [1.82, 2.24) is 0 Å². The van der Waals surface area contributed by atoms with E-state index in [-0.39, 0.29) is 17.0 Å². The van der Waals surface area contributed by atoms with Crippen LogP contribution in [0, 0.1) is 5.92 Å². The lowest BCUT2D eigenvalue weighted by atomic mass is 10.2. The molecule has 0 nitrogen and oxygen atoms in total. The van der Waals surface area contributed by atoms with Crippen LogP contribution in [0.2, 0.25) is 9.60 Å². The molecule has 0 saturated carbocycles. The predicted octanol–water partition coefficient (Wildman–Crippen LogP) is 2.78. The molecular formula is C6H15BrMg. The van der Waals surface area contributed by atoms with Gasteiger partial charge in [0.2, 0.25) is 0 Å². The van der Waals surface area contributed by atoms with Crippen LogP contribution in [0.5, 0.6) is 0 Å². The molecule has 0 N–H and O–H groups in total. The molecule has 0 aliphatic heterocycles. The summed E-state index contributed by atoms with van der Waals surface area (Å²) >= 11 is 0.356. The third-order valence-corrected chi connectivity index (χ3v) is 3.04. The molecule has 1 atom stereocenters. The average Bonchev–Trinajstić information content (AvgIpc) is 1.68. The fourth-order valence-electron chi connectivity index (χ4n) is 0.697. The van der Waals surface area contributed by atoms with Crippen molar-refractivity contribution in [2.24, 2.45) is 5.92 Å². The van der Waals surface area contributed by atoms with Crippen LogP contribution >= 0.6 is 17.0 Å². The normalized spacial score (nSPS) is 11.4. The predicted molar refractivity (Wildman–Crippen MR) is 46.2 cm³/mol. The lowest BCUT2D eigenvalue weighted by Crippen LogP contribution is -1.93. The molecule has 48 valence electrons. The van der Waals surface area contributed by atoms with Crippen LogP contribution in [0.4, 0.5) is 0 Å². The molecule has 0 saturated heterocycles. The molecule has 2 heteroatoms. The van der Waals surface area contributed by atoms with Crippen LogP contribution in [-0.2, 0) is 0 Å². The minimum absolute atomic E-state index is 0. The molecule has 0 fully saturated rings. The Morgan fingerprint density at radius 3 is 2.12 bits per heavy atom. The Hall–Kier alpha value is 1.25. The minimum Gasteiger partial charge on any atom is -0.157 e. The van der Waals surface area contributed by atoms with Crippen LogP contribution in [-0.4, -0.2) is 20.4 Å². The zero-order valence-electron chi connectivity index (χ0n) is 6.11. The third-order valence-electron chi connectivity index (χ3n) is 1.48. The molecule has 1 unspecified atom stereocenters. The van der Waals surface area contributed by atoms with E-state index < -0.39 is 0 Å². The second kappa shape index (κ2) is 8.25. The molecule has 0 aliphatic rings. The van der Waals surface area contributed by atoms with E-state index in [1.165, 1.54) is 11.0 Å². The maximum Gasteiger partial charge on any atom is 0.360 e. The van der Waals surface area contributed by atoms with Gasteiger partial charge in [-0.2, -0.15) is 5.05 Å². The van der Waals surface area contributed by atoms with E-state index in [9.17, 15) is 0 Å². The van der Waals surface area contributed by atoms with Gasteiger partial charge in [-0.15, -0.1) is 21.5 Å². The van der Waals surface area contributed by atoms with E-state index in [0.717, 1.165) is 5.92 Å². The molecule has 0 bridgehead atoms. The molecule has 0 spiro atoms. The van der Waals surface area contributed by atoms with Gasteiger partial charge in [0, 0.05) is 0 Å². The summed E-state index contributed by atoms with van der Waals surface area (Å²) in [5.41, 5.74) is 0. The van der Waals surface area contributed by atoms with Crippen molar-refractivity contribution in [3.05, 3.63) is 0 Å². The van der Waals surface area contributed by atoms with Gasteiger partial charge in [-0.05, 0) is 0 Å². The first-order valence-electron chi connectivity index (χ1n) is 3.31. The summed E-state index contributed by atoms with van der Waals surface area (Å²) in [7, 11) is 0. The summed E-state index contributed by atoms with van der Waals surface area (Å²) in [6, 6.07) is 0. The van der Waals surface area contributed by atoms with Gasteiger partial charge in [0.15, 0.2) is 0 Å². The second-order valence-electron chi connectivity index (χ2n) is 2.30. The molecule has 0 aromatic carbocycles. The van der Waals surface area contributed by atoms with Crippen LogP contribution in [0.1, 0.15) is 20.3 Å². The summed E-state index contributed by atoms with van der Waals surface area (Å²) in [6.07, 6.45) is 1.38. The Bertz CT molecular complexity index is 39.5. The van der Waals surface area contributed by atoms with E-state index >= 15 is 0 Å². The van der Waals surface area contributed by atoms with Gasteiger partial charge < -0.3 is 0 Å². The Morgan fingerprint density at radius 2 is 2.00 bits per heavy atom. The summed E-state index contributed by atoms with van der Waals surface area (Å²) in [6.45, 7) is 4.62. The lowest BCUT2D eigenvalue weighted by molar-refractivity contribution is 0.623. The van der Waals surface area contributed by atoms with Gasteiger partial charge in [0.25, 0.3) is 0 Å². The first kappa shape index (κ1) is 12.0. The van der Waals surface area contributed by atoms with Crippen LogP contribution in [0.25, 0.3) is 0 Å². The molecular weight excluding hydrogens is 176 g/mol. The second-order valence-corrected chi connectivity index (χ2v) is 3.88. The fourth-order valence-corrected chi connectivity index (χ4v) is 2.09. The Kier molecular flexibility index (Phi) is 12.3. The Balaban J connectivity index is 0. The van der Waals surface area contributed by atoms with Crippen molar-refractivity contribution in [1.29, 1.82) is 0 Å². The highest BCUT2D eigenvalue weighted by atomic mass is 79.9. The van der Waals surface area contributed by atoms with E-state index in [1.54, 1.807) is 0 Å². The number of rotatable bonds is 3. The summed E-state index contributed by atoms with van der Waals surface area (Å²) < 4.78 is 1.54. The first-order chi connectivity index (χ1) is 3.31. The van der Waals surface area contributed by atoms with E-state index in [0.29, 0.717) is 20.4 Å². The summed E-state index contributed by atoms with van der Waals surface area (Å²) in [4.78, 5) is 0. The van der Waals surface area contributed by atoms with Crippen molar-refractivity contribution in [3.8, 4) is 0 Å². The molecule has 0 aromatic heterocycles. The van der Waals surface area contributed by atoms with Gasteiger partial charge in [0.1, 0.15) is 0 Å². The van der Waals surface area contributed by atoms with Gasteiger partial charge in [-0.1, -0.05) is 26.2 Å². The molecule has 0 aromatic rings. The Labute approximate surface area is 72.9 Å². The molecule has 0 aliphatic carbocycles. The Morgan fingerprint density at radius 1 is 1.50 bits per heavy atom. The van der Waals surface area contributed by atoms with E-state index in [1.807, 2.05) is 0 Å². The quantitative estimate of drug-likeness (QED) is 0.602. The largest absolute Gasteiger partial charge is 0.360 e. The van der Waals surface area contributed by atoms with Gasteiger partial charge in [-0.3, -0.25) is 0 Å². The fraction of sp³-hybridized carbons (Fsp3) is 1.00. The lowest BCUT2D eigenvalue weighted by Gasteiger charge is -2.02. The highest BCUT2D eigenvalue weighted by Crippen LogP contribution is 2.04. The van der Waals surface area contributed by atoms with Crippen molar-refractivity contribution in [2.75, 3.05) is 0 Å². The van der Waals surface area contributed by atoms with Crippen molar-refractivity contribution in [2.45, 2.75) is 29.9 Å². The minimum atomic E-state index is 0. The molecule has 0 amide bonds. The molecule has 0 radical (unpaired) electrons. The number of halogens is 1. The van der Waals surface area contributed by atoms with E-state index in [4.69, 9.17) is 0 Å². The van der Waals surface area contributed by atoms with Crippen molar-refractivity contribution >= 4 is 37.3 Å². The standard InChI is InChI=1S/C5H11.CH3.BrH.Mg/c1-4-5(2)3;;;/h5H,2,4H2,1,3H3;1H3;1H;. The molecule has 0 heterocycles. The van der Waals surface area contributed by atoms with Gasteiger partial charge >= 0.3 is 20.4 Å². The number of hydrogen-bond acceptors (Lipinski definition) is 0. The smallest absolute Gasteiger partial charge is 0.157 e. The van der Waals surface area contributed by atoms with E-state index in [2.05, 4.69) is 18.9 Å². The van der Waals surface area contributed by atoms with Crippen molar-refractivity contribution in [3.63, 3.8) is 0 Å². The third kappa shape index (κ3) is 7.25. The van der Waals surface area contributed by atoms with Crippen LogP contribution in [0.15, 0.2) is 0 Å². The highest BCUT2D eigenvalue weighted by Gasteiger charge is 1.95. The number of hydrogen-bond donors (Lipinski definition) is 0. The van der Waals surface area contributed by atoms with Crippen LogP contribution in [0.3, 0.4) is 0 Å². The first-order valence-corrected chi connectivity index (χ1v) is 5.72. The average molecular weight is 191 g/mol. The maximum atomic E-state index is 2.38. The maximum absolute atomic E-state index is 2.38. The van der Waals surface area contributed by atoms with Gasteiger partial charge in [-0.25, -0.2) is 0 Å². The van der Waals surface area contributed by atoms with Crippen LogP contribution < -0.4 is 0 Å². The monoisotopic (exact) mass is 190 g/mol. The van der Waals surface area contributed by atoms with Crippen molar-refractivity contribution < 1.29 is 0 Å². The topological polar surface area (TPSA) is 0 Å². The zero-order valence-corrected chi connectivity index (χ0v) is 9.23. The molecule has 0 rings (SSSR count). The SMILES string of the molecule is Br.CCC(C)[CH2][Mg][CH3]. The highest BCUT2D eigenvalue weighted by molar-refractivity contribution is 8.93. The summed E-state index contributed by atoms with van der Waals surface area (Å²) in [5.74, 6) is 1.01. The zero-order chi connectivity index (χ0) is 5.70.